The lowest BCUT2D eigenvalue weighted by atomic mass is 10.2. The molecule has 4 rings (SSSR count). The normalized spacial score (nSPS) is 15.1. The fourth-order valence-corrected chi connectivity index (χ4v) is 3.86. The number of ether oxygens (including phenoxy) is 1. The molecule has 3 heterocycles. The Hall–Kier alpha value is -2.97. The van der Waals surface area contributed by atoms with Gasteiger partial charge in [0.1, 0.15) is 0 Å². The second-order valence-corrected chi connectivity index (χ2v) is 7.69. The highest BCUT2D eigenvalue weighted by Gasteiger charge is 2.18. The van der Waals surface area contributed by atoms with E-state index in [0.717, 1.165) is 49.5 Å². The molecule has 0 aliphatic carbocycles. The van der Waals surface area contributed by atoms with Crippen molar-refractivity contribution >= 4 is 16.6 Å². The number of piperazine rings is 1. The number of hydrogen-bond donors (Lipinski definition) is 0. The number of hydrogen-bond acceptors (Lipinski definition) is 6. The Morgan fingerprint density at radius 1 is 1.07 bits per heavy atom. The molecule has 1 fully saturated rings. The van der Waals surface area contributed by atoms with E-state index in [1.165, 1.54) is 0 Å². The zero-order valence-electron chi connectivity index (χ0n) is 17.5. The lowest BCUT2D eigenvalue weighted by Gasteiger charge is -2.36. The number of fused-ring (bicyclic) bond motifs is 1. The van der Waals surface area contributed by atoms with E-state index in [1.807, 2.05) is 30.5 Å². The van der Waals surface area contributed by atoms with E-state index in [9.17, 15) is 9.59 Å². The van der Waals surface area contributed by atoms with Gasteiger partial charge in [-0.3, -0.25) is 19.1 Å². The third-order valence-electron chi connectivity index (χ3n) is 5.64. The molecule has 3 aromatic rings. The lowest BCUT2D eigenvalue weighted by Crippen LogP contribution is -2.46. The molecule has 2 aromatic heterocycles. The summed E-state index contributed by atoms with van der Waals surface area (Å²) in [5.74, 6) is 0. The minimum Gasteiger partial charge on any atom is -0.383 e. The molecule has 30 heavy (non-hydrogen) atoms. The molecule has 1 aliphatic rings. The molecule has 0 unspecified atom stereocenters. The zero-order chi connectivity index (χ0) is 21.1. The van der Waals surface area contributed by atoms with Crippen LogP contribution in [0, 0.1) is 0 Å². The maximum absolute atomic E-state index is 12.6. The van der Waals surface area contributed by atoms with Crippen LogP contribution in [-0.2, 0) is 24.9 Å². The van der Waals surface area contributed by atoms with E-state index in [4.69, 9.17) is 4.74 Å². The minimum absolute atomic E-state index is 0.0129. The van der Waals surface area contributed by atoms with Crippen molar-refractivity contribution in [2.75, 3.05) is 44.8 Å². The van der Waals surface area contributed by atoms with E-state index in [1.54, 1.807) is 35.7 Å². The first-order valence-corrected chi connectivity index (χ1v) is 10.2. The monoisotopic (exact) mass is 409 g/mol. The molecule has 0 saturated carbocycles. The second-order valence-electron chi connectivity index (χ2n) is 7.69. The van der Waals surface area contributed by atoms with Crippen molar-refractivity contribution in [2.45, 2.75) is 13.1 Å². The van der Waals surface area contributed by atoms with Crippen LogP contribution in [-0.4, -0.2) is 58.9 Å². The van der Waals surface area contributed by atoms with Gasteiger partial charge in [0.15, 0.2) is 0 Å². The van der Waals surface area contributed by atoms with Crippen LogP contribution in [0.5, 0.6) is 0 Å². The standard InChI is InChI=1S/C22H27N5O3/c1-24-14-17(3-6-21(24)28)15-25-7-9-26(10-8-25)18-4-5-19-20(13-18)23-16-27(22(19)29)11-12-30-2/h3-6,13-14,16H,7-12,15H2,1-2H3. The summed E-state index contributed by atoms with van der Waals surface area (Å²) in [6.45, 7) is 5.50. The Morgan fingerprint density at radius 3 is 2.60 bits per heavy atom. The van der Waals surface area contributed by atoms with Crippen molar-refractivity contribution in [3.8, 4) is 0 Å². The Morgan fingerprint density at radius 2 is 1.87 bits per heavy atom. The molecule has 0 radical (unpaired) electrons. The summed E-state index contributed by atoms with van der Waals surface area (Å²) in [6, 6.07) is 9.41. The Bertz CT molecular complexity index is 1150. The van der Waals surface area contributed by atoms with Crippen molar-refractivity contribution in [3.05, 3.63) is 69.1 Å². The van der Waals surface area contributed by atoms with Gasteiger partial charge in [-0.15, -0.1) is 0 Å². The average Bonchev–Trinajstić information content (AvgIpc) is 2.76. The molecule has 1 aromatic carbocycles. The highest BCUT2D eigenvalue weighted by atomic mass is 16.5. The summed E-state index contributed by atoms with van der Waals surface area (Å²) < 4.78 is 8.26. The maximum Gasteiger partial charge on any atom is 0.261 e. The van der Waals surface area contributed by atoms with Crippen molar-refractivity contribution in [1.82, 2.24) is 19.0 Å². The van der Waals surface area contributed by atoms with Gasteiger partial charge >= 0.3 is 0 Å². The smallest absolute Gasteiger partial charge is 0.261 e. The van der Waals surface area contributed by atoms with E-state index in [-0.39, 0.29) is 11.1 Å². The number of aromatic nitrogens is 3. The predicted octanol–water partition coefficient (Wildman–Crippen LogP) is 1.06. The number of rotatable bonds is 6. The zero-order valence-corrected chi connectivity index (χ0v) is 17.5. The van der Waals surface area contributed by atoms with Crippen LogP contribution in [0.3, 0.4) is 0 Å². The van der Waals surface area contributed by atoms with Crippen LogP contribution in [0.15, 0.2) is 52.4 Å². The van der Waals surface area contributed by atoms with E-state index < -0.39 is 0 Å². The average molecular weight is 409 g/mol. The van der Waals surface area contributed by atoms with Crippen LogP contribution in [0.1, 0.15) is 5.56 Å². The van der Waals surface area contributed by atoms with Gasteiger partial charge in [0, 0.05) is 64.8 Å². The second kappa shape index (κ2) is 8.81. The lowest BCUT2D eigenvalue weighted by molar-refractivity contribution is 0.186. The predicted molar refractivity (Wildman–Crippen MR) is 117 cm³/mol. The highest BCUT2D eigenvalue weighted by molar-refractivity contribution is 5.81. The SMILES string of the molecule is COCCn1cnc2cc(N3CCN(Cc4ccc(=O)n(C)c4)CC3)ccc2c1=O. The van der Waals surface area contributed by atoms with E-state index in [0.29, 0.717) is 18.5 Å². The Balaban J connectivity index is 1.43. The van der Waals surface area contributed by atoms with Crippen LogP contribution in [0.25, 0.3) is 10.9 Å². The summed E-state index contributed by atoms with van der Waals surface area (Å²) in [7, 11) is 3.40. The minimum atomic E-state index is -0.0364. The molecule has 8 heteroatoms. The van der Waals surface area contributed by atoms with Crippen molar-refractivity contribution in [3.63, 3.8) is 0 Å². The van der Waals surface area contributed by atoms with Gasteiger partial charge in [0.2, 0.25) is 5.56 Å². The van der Waals surface area contributed by atoms with Gasteiger partial charge in [-0.05, 0) is 23.8 Å². The highest BCUT2D eigenvalue weighted by Crippen LogP contribution is 2.21. The largest absolute Gasteiger partial charge is 0.383 e. The summed E-state index contributed by atoms with van der Waals surface area (Å²) in [5, 5.41) is 0.630. The summed E-state index contributed by atoms with van der Waals surface area (Å²) in [6.07, 6.45) is 3.50. The molecule has 1 saturated heterocycles. The van der Waals surface area contributed by atoms with Gasteiger partial charge in [-0.2, -0.15) is 0 Å². The topological polar surface area (TPSA) is 72.6 Å². The molecule has 0 amide bonds. The number of methoxy groups -OCH3 is 1. The number of pyridine rings is 1. The van der Waals surface area contributed by atoms with Crippen molar-refractivity contribution in [2.24, 2.45) is 7.05 Å². The third kappa shape index (κ3) is 4.29. The number of benzene rings is 1. The number of aryl methyl sites for hydroxylation is 1. The molecule has 0 bridgehead atoms. The molecule has 0 N–H and O–H groups in total. The van der Waals surface area contributed by atoms with Crippen LogP contribution >= 0.6 is 0 Å². The van der Waals surface area contributed by atoms with Gasteiger partial charge in [-0.25, -0.2) is 4.98 Å². The third-order valence-corrected chi connectivity index (χ3v) is 5.64. The number of nitrogens with zero attached hydrogens (tertiary/aromatic N) is 5. The van der Waals surface area contributed by atoms with Gasteiger partial charge in [0.25, 0.3) is 5.56 Å². The molecule has 158 valence electrons. The van der Waals surface area contributed by atoms with Crippen molar-refractivity contribution < 1.29 is 4.74 Å². The number of anilines is 1. The van der Waals surface area contributed by atoms with E-state index in [2.05, 4.69) is 14.8 Å². The van der Waals surface area contributed by atoms with Crippen LogP contribution in [0.2, 0.25) is 0 Å². The maximum atomic E-state index is 12.6. The molecule has 1 aliphatic heterocycles. The molecular formula is C22H27N5O3. The first-order chi connectivity index (χ1) is 14.5. The summed E-state index contributed by atoms with van der Waals surface area (Å²) in [5.41, 5.74) is 2.93. The van der Waals surface area contributed by atoms with E-state index >= 15 is 0 Å². The van der Waals surface area contributed by atoms with Crippen molar-refractivity contribution in [1.29, 1.82) is 0 Å². The van der Waals surface area contributed by atoms with Crippen LogP contribution < -0.4 is 16.0 Å². The first-order valence-electron chi connectivity index (χ1n) is 10.2. The molecule has 0 spiro atoms. The fraction of sp³-hybridized carbons (Fsp3) is 0.409. The Labute approximate surface area is 174 Å². The molecular weight excluding hydrogens is 382 g/mol. The van der Waals surface area contributed by atoms with Gasteiger partial charge < -0.3 is 14.2 Å². The van der Waals surface area contributed by atoms with Gasteiger partial charge in [-0.1, -0.05) is 6.07 Å². The van der Waals surface area contributed by atoms with Crippen LogP contribution in [0.4, 0.5) is 5.69 Å². The summed E-state index contributed by atoms with van der Waals surface area (Å²) in [4.78, 5) is 33.4. The summed E-state index contributed by atoms with van der Waals surface area (Å²) >= 11 is 0. The Kier molecular flexibility index (Phi) is 5.96. The first kappa shape index (κ1) is 20.3. The quantitative estimate of drug-likeness (QED) is 0.606. The van der Waals surface area contributed by atoms with Gasteiger partial charge in [0.05, 0.1) is 30.4 Å². The fourth-order valence-electron chi connectivity index (χ4n) is 3.86. The molecule has 8 nitrogen and oxygen atoms in total. The molecule has 0 atom stereocenters.